The summed E-state index contributed by atoms with van der Waals surface area (Å²) in [4.78, 5) is 20.1. The van der Waals surface area contributed by atoms with Crippen molar-refractivity contribution in [2.75, 3.05) is 5.32 Å². The molecule has 1 aliphatic carbocycles. The fourth-order valence-electron chi connectivity index (χ4n) is 2.72. The Labute approximate surface area is 143 Å². The van der Waals surface area contributed by atoms with Crippen molar-refractivity contribution in [2.45, 2.75) is 25.7 Å². The van der Waals surface area contributed by atoms with Crippen LogP contribution in [0.2, 0.25) is 0 Å². The third-order valence-electron chi connectivity index (χ3n) is 4.09. The van der Waals surface area contributed by atoms with Crippen LogP contribution in [0.1, 0.15) is 40.5 Å². The summed E-state index contributed by atoms with van der Waals surface area (Å²) in [5.41, 5.74) is 2.55. The van der Waals surface area contributed by atoms with E-state index >= 15 is 0 Å². The Kier molecular flexibility index (Phi) is 3.76. The molecular formula is C18H16FN5O. The van der Waals surface area contributed by atoms with Crippen molar-refractivity contribution in [3.63, 3.8) is 0 Å². The highest BCUT2D eigenvalue weighted by Crippen LogP contribution is 2.40. The first-order chi connectivity index (χ1) is 12.1. The van der Waals surface area contributed by atoms with E-state index in [0.29, 0.717) is 17.4 Å². The zero-order valence-corrected chi connectivity index (χ0v) is 13.6. The van der Waals surface area contributed by atoms with E-state index < -0.39 is 11.7 Å². The Morgan fingerprint density at radius 2 is 2.12 bits per heavy atom. The van der Waals surface area contributed by atoms with Gasteiger partial charge in [0.2, 0.25) is 0 Å². The van der Waals surface area contributed by atoms with E-state index in [1.807, 2.05) is 11.6 Å². The first-order valence-corrected chi connectivity index (χ1v) is 8.05. The number of amides is 1. The molecule has 6 nitrogen and oxygen atoms in total. The number of hydrogen-bond donors (Lipinski definition) is 1. The Hall–Kier alpha value is -3.09. The topological polar surface area (TPSA) is 72.7 Å². The Morgan fingerprint density at radius 3 is 2.80 bits per heavy atom. The number of nitrogens with zero attached hydrogens (tertiary/aromatic N) is 4. The lowest BCUT2D eigenvalue weighted by atomic mass is 10.2. The number of hydrogen-bond acceptors (Lipinski definition) is 4. The van der Waals surface area contributed by atoms with Gasteiger partial charge >= 0.3 is 0 Å². The second kappa shape index (κ2) is 6.08. The summed E-state index contributed by atoms with van der Waals surface area (Å²) in [5, 5.41) is 7.14. The summed E-state index contributed by atoms with van der Waals surface area (Å²) in [6.45, 7) is 1.96. The SMILES string of the molecule is Cc1cc(C2CC2)n(-c2ccc(NC(=O)c3ccncc3F)cn2)n1. The molecule has 4 rings (SSSR count). The predicted octanol–water partition coefficient (Wildman–Crippen LogP) is 3.24. The Balaban J connectivity index is 1.55. The van der Waals surface area contributed by atoms with E-state index in [1.165, 1.54) is 30.8 Å². The zero-order valence-electron chi connectivity index (χ0n) is 13.6. The normalized spacial score (nSPS) is 13.7. The number of carbonyl (C=O) groups is 1. The van der Waals surface area contributed by atoms with Crippen LogP contribution in [0.25, 0.3) is 5.82 Å². The lowest BCUT2D eigenvalue weighted by Gasteiger charge is -2.08. The molecule has 1 aliphatic rings. The number of halogens is 1. The van der Waals surface area contributed by atoms with Gasteiger partial charge in [0.15, 0.2) is 11.6 Å². The van der Waals surface area contributed by atoms with Crippen molar-refractivity contribution >= 4 is 11.6 Å². The fraction of sp³-hybridized carbons (Fsp3) is 0.222. The van der Waals surface area contributed by atoms with Crippen LogP contribution in [0.15, 0.2) is 42.9 Å². The van der Waals surface area contributed by atoms with E-state index in [1.54, 1.807) is 18.3 Å². The molecule has 0 atom stereocenters. The van der Waals surface area contributed by atoms with Gasteiger partial charge in [-0.2, -0.15) is 5.10 Å². The third kappa shape index (κ3) is 3.13. The molecule has 25 heavy (non-hydrogen) atoms. The third-order valence-corrected chi connectivity index (χ3v) is 4.09. The minimum absolute atomic E-state index is 0.0576. The van der Waals surface area contributed by atoms with E-state index in [9.17, 15) is 9.18 Å². The van der Waals surface area contributed by atoms with Crippen molar-refractivity contribution < 1.29 is 9.18 Å². The smallest absolute Gasteiger partial charge is 0.258 e. The summed E-state index contributed by atoms with van der Waals surface area (Å²) < 4.78 is 15.5. The monoisotopic (exact) mass is 337 g/mol. The number of carbonyl (C=O) groups excluding carboxylic acids is 1. The van der Waals surface area contributed by atoms with Crippen LogP contribution in [0, 0.1) is 12.7 Å². The Bertz CT molecular complexity index is 931. The minimum Gasteiger partial charge on any atom is -0.320 e. The average molecular weight is 337 g/mol. The molecule has 0 bridgehead atoms. The quantitative estimate of drug-likeness (QED) is 0.793. The summed E-state index contributed by atoms with van der Waals surface area (Å²) in [7, 11) is 0. The fourth-order valence-corrected chi connectivity index (χ4v) is 2.72. The molecule has 7 heteroatoms. The van der Waals surface area contributed by atoms with Gasteiger partial charge in [-0.1, -0.05) is 0 Å². The number of pyridine rings is 2. The Morgan fingerprint density at radius 1 is 1.28 bits per heavy atom. The molecule has 0 spiro atoms. The van der Waals surface area contributed by atoms with E-state index in [2.05, 4.69) is 26.4 Å². The summed E-state index contributed by atoms with van der Waals surface area (Å²) in [6.07, 6.45) is 6.28. The van der Waals surface area contributed by atoms with Crippen LogP contribution in [0.3, 0.4) is 0 Å². The highest BCUT2D eigenvalue weighted by Gasteiger charge is 2.28. The van der Waals surface area contributed by atoms with Crippen molar-refractivity contribution in [1.29, 1.82) is 0 Å². The summed E-state index contributed by atoms with van der Waals surface area (Å²) in [6, 6.07) is 6.94. The zero-order chi connectivity index (χ0) is 17.4. The standard InChI is InChI=1S/C18H16FN5O/c1-11-8-16(12-2-3-12)24(23-11)17-5-4-13(9-21-17)22-18(25)14-6-7-20-10-15(14)19/h4-10,12H,2-3H2,1H3,(H,22,25). The number of nitrogens with one attached hydrogen (secondary N) is 1. The van der Waals surface area contributed by atoms with Gasteiger partial charge in [-0.15, -0.1) is 0 Å². The van der Waals surface area contributed by atoms with Gasteiger partial charge in [0, 0.05) is 17.8 Å². The molecule has 0 aliphatic heterocycles. The minimum atomic E-state index is -0.661. The largest absolute Gasteiger partial charge is 0.320 e. The molecule has 1 amide bonds. The average Bonchev–Trinajstić information content (AvgIpc) is 3.38. The lowest BCUT2D eigenvalue weighted by Crippen LogP contribution is -2.14. The van der Waals surface area contributed by atoms with Gasteiger partial charge < -0.3 is 5.32 Å². The lowest BCUT2D eigenvalue weighted by molar-refractivity contribution is 0.102. The molecule has 1 N–H and O–H groups in total. The molecule has 126 valence electrons. The molecule has 3 heterocycles. The number of aromatic nitrogens is 4. The van der Waals surface area contributed by atoms with Gasteiger partial charge in [-0.05, 0) is 44.0 Å². The molecule has 0 radical (unpaired) electrons. The molecule has 0 aromatic carbocycles. The first kappa shape index (κ1) is 15.4. The summed E-state index contributed by atoms with van der Waals surface area (Å²) >= 11 is 0. The van der Waals surface area contributed by atoms with Crippen molar-refractivity contribution in [3.05, 3.63) is 65.6 Å². The highest BCUT2D eigenvalue weighted by molar-refractivity contribution is 6.04. The van der Waals surface area contributed by atoms with Crippen LogP contribution in [0.4, 0.5) is 10.1 Å². The van der Waals surface area contributed by atoms with Gasteiger partial charge in [-0.3, -0.25) is 9.78 Å². The number of anilines is 1. The maximum atomic E-state index is 13.6. The summed E-state index contributed by atoms with van der Waals surface area (Å²) in [5.74, 6) is 0.0499. The second-order valence-corrected chi connectivity index (χ2v) is 6.11. The number of rotatable bonds is 4. The molecule has 1 saturated carbocycles. The van der Waals surface area contributed by atoms with Crippen LogP contribution >= 0.6 is 0 Å². The maximum Gasteiger partial charge on any atom is 0.258 e. The maximum absolute atomic E-state index is 13.6. The van der Waals surface area contributed by atoms with E-state index in [0.717, 1.165) is 11.9 Å². The van der Waals surface area contributed by atoms with Crippen molar-refractivity contribution in [1.82, 2.24) is 19.7 Å². The molecule has 0 unspecified atom stereocenters. The van der Waals surface area contributed by atoms with E-state index in [-0.39, 0.29) is 5.56 Å². The molecular weight excluding hydrogens is 321 g/mol. The second-order valence-electron chi connectivity index (χ2n) is 6.11. The number of aryl methyl sites for hydroxylation is 1. The van der Waals surface area contributed by atoms with Crippen LogP contribution in [-0.4, -0.2) is 25.7 Å². The van der Waals surface area contributed by atoms with Crippen molar-refractivity contribution in [3.8, 4) is 5.82 Å². The van der Waals surface area contributed by atoms with Gasteiger partial charge in [-0.25, -0.2) is 14.1 Å². The molecule has 3 aromatic heterocycles. The van der Waals surface area contributed by atoms with E-state index in [4.69, 9.17) is 0 Å². The molecule has 3 aromatic rings. The van der Waals surface area contributed by atoms with Crippen molar-refractivity contribution in [2.24, 2.45) is 0 Å². The van der Waals surface area contributed by atoms with Gasteiger partial charge in [0.1, 0.15) is 0 Å². The van der Waals surface area contributed by atoms with Crippen LogP contribution < -0.4 is 5.32 Å². The van der Waals surface area contributed by atoms with Crippen LogP contribution in [0.5, 0.6) is 0 Å². The molecule has 0 saturated heterocycles. The van der Waals surface area contributed by atoms with Gasteiger partial charge in [0.05, 0.1) is 29.3 Å². The highest BCUT2D eigenvalue weighted by atomic mass is 19.1. The predicted molar refractivity (Wildman–Crippen MR) is 90.2 cm³/mol. The van der Waals surface area contributed by atoms with Gasteiger partial charge in [0.25, 0.3) is 5.91 Å². The van der Waals surface area contributed by atoms with Crippen LogP contribution in [-0.2, 0) is 0 Å². The first-order valence-electron chi connectivity index (χ1n) is 8.05. The molecule has 1 fully saturated rings.